The zero-order chi connectivity index (χ0) is 16.8. The molecule has 2 atom stereocenters. The van der Waals surface area contributed by atoms with Gasteiger partial charge in [-0.25, -0.2) is 0 Å². The quantitative estimate of drug-likeness (QED) is 0.633. The van der Waals surface area contributed by atoms with Gasteiger partial charge in [0.15, 0.2) is 0 Å². The van der Waals surface area contributed by atoms with Crippen molar-refractivity contribution in [2.75, 3.05) is 13.2 Å². The summed E-state index contributed by atoms with van der Waals surface area (Å²) in [6, 6.07) is 13.2. The Hall–Kier alpha value is -1.54. The van der Waals surface area contributed by atoms with E-state index in [1.807, 2.05) is 0 Å². The standard InChI is InChI=1S/C22H30O2/c1-2-3-4-5-12-24-22-11-10-20-14-19(8-9-21(20)15-22)18-7-6-17(13-18)16-23/h8-11,14-15,17-18,23H,2-7,12-13,16H2,1H3/t17-,18+/m0/s1. The molecule has 0 heterocycles. The lowest BCUT2D eigenvalue weighted by molar-refractivity contribution is 0.229. The zero-order valence-corrected chi connectivity index (χ0v) is 14.8. The molecule has 0 radical (unpaired) electrons. The first-order valence-electron chi connectivity index (χ1n) is 9.57. The molecule has 0 saturated heterocycles. The molecule has 3 rings (SSSR count). The van der Waals surface area contributed by atoms with E-state index in [1.165, 1.54) is 42.0 Å². The summed E-state index contributed by atoms with van der Waals surface area (Å²) in [7, 11) is 0. The lowest BCUT2D eigenvalue weighted by Crippen LogP contribution is -2.00. The Bertz CT molecular complexity index is 649. The maximum atomic E-state index is 9.34. The molecular formula is C22H30O2. The first kappa shape index (κ1) is 17.3. The average Bonchev–Trinajstić information content (AvgIpc) is 3.10. The molecule has 2 heteroatoms. The number of hydrogen-bond donors (Lipinski definition) is 1. The smallest absolute Gasteiger partial charge is 0.119 e. The largest absolute Gasteiger partial charge is 0.494 e. The number of benzene rings is 2. The Kier molecular flexibility index (Phi) is 6.14. The highest BCUT2D eigenvalue weighted by molar-refractivity contribution is 5.84. The number of hydrogen-bond acceptors (Lipinski definition) is 2. The maximum absolute atomic E-state index is 9.34. The SMILES string of the molecule is CCCCCCOc1ccc2cc([C@@H]3CC[C@H](CO)C3)ccc2c1. The highest BCUT2D eigenvalue weighted by Crippen LogP contribution is 2.39. The van der Waals surface area contributed by atoms with Crippen LogP contribution in [0.1, 0.15) is 63.4 Å². The second kappa shape index (κ2) is 8.53. The van der Waals surface area contributed by atoms with Crippen LogP contribution in [0.15, 0.2) is 36.4 Å². The fourth-order valence-electron chi connectivity index (χ4n) is 3.85. The summed E-state index contributed by atoms with van der Waals surface area (Å²) in [5.74, 6) is 2.09. The Labute approximate surface area is 145 Å². The molecule has 0 aromatic heterocycles. The summed E-state index contributed by atoms with van der Waals surface area (Å²) in [5, 5.41) is 11.9. The van der Waals surface area contributed by atoms with E-state index in [4.69, 9.17) is 4.74 Å². The van der Waals surface area contributed by atoms with Crippen LogP contribution >= 0.6 is 0 Å². The van der Waals surface area contributed by atoms with E-state index in [1.54, 1.807) is 0 Å². The van der Waals surface area contributed by atoms with Gasteiger partial charge in [-0.2, -0.15) is 0 Å². The van der Waals surface area contributed by atoms with Gasteiger partial charge in [-0.3, -0.25) is 0 Å². The van der Waals surface area contributed by atoms with Crippen LogP contribution in [0.2, 0.25) is 0 Å². The van der Waals surface area contributed by atoms with E-state index in [-0.39, 0.29) is 0 Å². The van der Waals surface area contributed by atoms with Crippen LogP contribution in [0.5, 0.6) is 5.75 Å². The fourth-order valence-corrected chi connectivity index (χ4v) is 3.85. The van der Waals surface area contributed by atoms with Gasteiger partial charge in [-0.05, 0) is 66.0 Å². The van der Waals surface area contributed by atoms with Gasteiger partial charge >= 0.3 is 0 Å². The van der Waals surface area contributed by atoms with Gasteiger partial charge in [0, 0.05) is 6.61 Å². The van der Waals surface area contributed by atoms with Crippen LogP contribution in [0.3, 0.4) is 0 Å². The van der Waals surface area contributed by atoms with Gasteiger partial charge in [0.05, 0.1) is 6.61 Å². The van der Waals surface area contributed by atoms with Crippen LogP contribution in [-0.4, -0.2) is 18.3 Å². The second-order valence-corrected chi connectivity index (χ2v) is 7.24. The summed E-state index contributed by atoms with van der Waals surface area (Å²) in [4.78, 5) is 0. The third-order valence-corrected chi connectivity index (χ3v) is 5.37. The molecule has 1 N–H and O–H groups in total. The number of aliphatic hydroxyl groups is 1. The molecule has 1 aliphatic carbocycles. The number of ether oxygens (including phenoxy) is 1. The van der Waals surface area contributed by atoms with Crippen molar-refractivity contribution < 1.29 is 9.84 Å². The van der Waals surface area contributed by atoms with Crippen LogP contribution in [0.4, 0.5) is 0 Å². The molecule has 1 fully saturated rings. The fraction of sp³-hybridized carbons (Fsp3) is 0.545. The van der Waals surface area contributed by atoms with Gasteiger partial charge in [0.25, 0.3) is 0 Å². The molecule has 2 aromatic rings. The van der Waals surface area contributed by atoms with Crippen LogP contribution in [0.25, 0.3) is 10.8 Å². The van der Waals surface area contributed by atoms with Crippen molar-refractivity contribution in [3.8, 4) is 5.75 Å². The van der Waals surface area contributed by atoms with Crippen molar-refractivity contribution in [3.05, 3.63) is 42.0 Å². The lowest BCUT2D eigenvalue weighted by atomic mass is 9.94. The molecular weight excluding hydrogens is 296 g/mol. The van der Waals surface area contributed by atoms with Crippen LogP contribution in [-0.2, 0) is 0 Å². The number of rotatable bonds is 8. The lowest BCUT2D eigenvalue weighted by Gasteiger charge is -2.12. The Morgan fingerprint density at radius 3 is 2.62 bits per heavy atom. The summed E-state index contributed by atoms with van der Waals surface area (Å²) in [6.45, 7) is 3.38. The molecule has 1 saturated carbocycles. The van der Waals surface area contributed by atoms with Gasteiger partial charge in [0.2, 0.25) is 0 Å². The second-order valence-electron chi connectivity index (χ2n) is 7.24. The van der Waals surface area contributed by atoms with Gasteiger partial charge in [0.1, 0.15) is 5.75 Å². The van der Waals surface area contributed by atoms with Crippen molar-refractivity contribution in [1.82, 2.24) is 0 Å². The van der Waals surface area contributed by atoms with Gasteiger partial charge in [-0.15, -0.1) is 0 Å². The third kappa shape index (κ3) is 4.30. The third-order valence-electron chi connectivity index (χ3n) is 5.37. The molecule has 0 amide bonds. The van der Waals surface area contributed by atoms with Crippen molar-refractivity contribution in [1.29, 1.82) is 0 Å². The summed E-state index contributed by atoms with van der Waals surface area (Å²) < 4.78 is 5.89. The number of fused-ring (bicyclic) bond motifs is 1. The normalized spacial score (nSPS) is 20.6. The van der Waals surface area contributed by atoms with Gasteiger partial charge < -0.3 is 9.84 Å². The summed E-state index contributed by atoms with van der Waals surface area (Å²) >= 11 is 0. The predicted octanol–water partition coefficient (Wildman–Crippen LogP) is 5.67. The van der Waals surface area contributed by atoms with Gasteiger partial charge in [-0.1, -0.05) is 50.5 Å². The highest BCUT2D eigenvalue weighted by atomic mass is 16.5. The molecule has 0 bridgehead atoms. The minimum Gasteiger partial charge on any atom is -0.494 e. The molecule has 130 valence electrons. The van der Waals surface area contributed by atoms with E-state index in [0.29, 0.717) is 18.4 Å². The summed E-state index contributed by atoms with van der Waals surface area (Å²) in [5.41, 5.74) is 1.42. The Morgan fingerprint density at radius 1 is 1.00 bits per heavy atom. The molecule has 0 spiro atoms. The molecule has 1 aliphatic rings. The van der Waals surface area contributed by atoms with Crippen molar-refractivity contribution in [2.24, 2.45) is 5.92 Å². The number of aliphatic hydroxyl groups excluding tert-OH is 1. The monoisotopic (exact) mass is 326 g/mol. The van der Waals surface area contributed by atoms with E-state index < -0.39 is 0 Å². The maximum Gasteiger partial charge on any atom is 0.119 e. The number of unbranched alkanes of at least 4 members (excludes halogenated alkanes) is 3. The van der Waals surface area contributed by atoms with E-state index in [0.717, 1.165) is 31.6 Å². The van der Waals surface area contributed by atoms with Crippen molar-refractivity contribution in [2.45, 2.75) is 57.8 Å². The van der Waals surface area contributed by atoms with Crippen LogP contribution in [0, 0.1) is 5.92 Å². The minimum atomic E-state index is 0.336. The topological polar surface area (TPSA) is 29.5 Å². The molecule has 0 aliphatic heterocycles. The first-order valence-corrected chi connectivity index (χ1v) is 9.57. The Balaban J connectivity index is 1.63. The first-order chi connectivity index (χ1) is 11.8. The van der Waals surface area contributed by atoms with Crippen molar-refractivity contribution in [3.63, 3.8) is 0 Å². The van der Waals surface area contributed by atoms with E-state index in [9.17, 15) is 5.11 Å². The highest BCUT2D eigenvalue weighted by Gasteiger charge is 2.25. The zero-order valence-electron chi connectivity index (χ0n) is 14.8. The minimum absolute atomic E-state index is 0.336. The molecule has 2 aromatic carbocycles. The van der Waals surface area contributed by atoms with Crippen LogP contribution < -0.4 is 4.74 Å². The predicted molar refractivity (Wildman–Crippen MR) is 101 cm³/mol. The van der Waals surface area contributed by atoms with Crippen molar-refractivity contribution >= 4 is 10.8 Å². The van der Waals surface area contributed by atoms with E-state index >= 15 is 0 Å². The molecule has 0 unspecified atom stereocenters. The van der Waals surface area contributed by atoms with E-state index in [2.05, 4.69) is 43.3 Å². The Morgan fingerprint density at radius 2 is 1.83 bits per heavy atom. The molecule has 2 nitrogen and oxygen atoms in total. The molecule has 24 heavy (non-hydrogen) atoms. The summed E-state index contributed by atoms with van der Waals surface area (Å²) in [6.07, 6.45) is 8.43. The average molecular weight is 326 g/mol.